The Labute approximate surface area is 90.0 Å². The molecule has 3 atom stereocenters. The molecule has 3 nitrogen and oxygen atoms in total. The maximum Gasteiger partial charge on any atom is 0.240 e. The quantitative estimate of drug-likeness (QED) is 0.710. The highest BCUT2D eigenvalue weighted by molar-refractivity contribution is 6.30. The van der Waals surface area contributed by atoms with Crippen molar-refractivity contribution in [3.8, 4) is 0 Å². The smallest absolute Gasteiger partial charge is 0.240 e. The molecule has 0 radical (unpaired) electrons. The number of hydrogen-bond donors (Lipinski definition) is 1. The van der Waals surface area contributed by atoms with Gasteiger partial charge in [-0.15, -0.1) is 11.6 Å². The van der Waals surface area contributed by atoms with Crippen molar-refractivity contribution in [3.05, 3.63) is 0 Å². The van der Waals surface area contributed by atoms with Gasteiger partial charge in [0.15, 0.2) is 0 Å². The van der Waals surface area contributed by atoms with E-state index < -0.39 is 5.38 Å². The van der Waals surface area contributed by atoms with E-state index in [-0.39, 0.29) is 17.9 Å². The van der Waals surface area contributed by atoms with Crippen LogP contribution >= 0.6 is 11.6 Å². The van der Waals surface area contributed by atoms with E-state index in [2.05, 4.69) is 0 Å². The van der Waals surface area contributed by atoms with Crippen LogP contribution < -0.4 is 0 Å². The number of carbonyl (C=O) groups excluding carboxylic acids is 1. The number of alkyl halides is 1. The molecule has 0 aromatic carbocycles. The van der Waals surface area contributed by atoms with Gasteiger partial charge >= 0.3 is 0 Å². The molecule has 0 aromatic heterocycles. The molecule has 1 aliphatic heterocycles. The molecule has 0 spiro atoms. The van der Waals surface area contributed by atoms with Gasteiger partial charge in [0.05, 0.1) is 6.10 Å². The predicted molar refractivity (Wildman–Crippen MR) is 56.3 cm³/mol. The molecule has 4 heteroatoms. The zero-order chi connectivity index (χ0) is 10.7. The van der Waals surface area contributed by atoms with Gasteiger partial charge in [-0.3, -0.25) is 4.79 Å². The van der Waals surface area contributed by atoms with Crippen LogP contribution in [0, 0.1) is 5.92 Å². The molecule has 14 heavy (non-hydrogen) atoms. The summed E-state index contributed by atoms with van der Waals surface area (Å²) >= 11 is 5.74. The van der Waals surface area contributed by atoms with Crippen molar-refractivity contribution >= 4 is 17.5 Å². The summed E-state index contributed by atoms with van der Waals surface area (Å²) in [5.74, 6) is 0.195. The number of likely N-dealkylation sites (tertiary alicyclic amines) is 1. The number of piperidine rings is 1. The second-order valence-corrected chi connectivity index (χ2v) is 4.70. The minimum atomic E-state index is -0.456. The molecule has 0 unspecified atom stereocenters. The second-order valence-electron chi connectivity index (χ2n) is 4.04. The van der Waals surface area contributed by atoms with Crippen LogP contribution in [0.1, 0.15) is 26.7 Å². The highest BCUT2D eigenvalue weighted by Crippen LogP contribution is 2.20. The van der Waals surface area contributed by atoms with E-state index in [1.165, 1.54) is 0 Å². The molecule has 0 aliphatic carbocycles. The van der Waals surface area contributed by atoms with Crippen LogP contribution in [0.2, 0.25) is 0 Å². The van der Waals surface area contributed by atoms with Crippen LogP contribution in [-0.2, 0) is 4.79 Å². The number of halogens is 1. The van der Waals surface area contributed by atoms with Crippen LogP contribution in [0.5, 0.6) is 0 Å². The Morgan fingerprint density at radius 2 is 2.21 bits per heavy atom. The van der Waals surface area contributed by atoms with Crippen molar-refractivity contribution in [2.45, 2.75) is 38.2 Å². The topological polar surface area (TPSA) is 40.5 Å². The van der Waals surface area contributed by atoms with Crippen molar-refractivity contribution in [1.29, 1.82) is 0 Å². The summed E-state index contributed by atoms with van der Waals surface area (Å²) in [6.07, 6.45) is 1.62. The zero-order valence-corrected chi connectivity index (χ0v) is 9.50. The van der Waals surface area contributed by atoms with Crippen molar-refractivity contribution in [3.63, 3.8) is 0 Å². The maximum atomic E-state index is 11.6. The van der Waals surface area contributed by atoms with E-state index in [0.29, 0.717) is 6.54 Å². The largest absolute Gasteiger partial charge is 0.393 e. The SMILES string of the molecule is C[C@H](Cl)C(=O)N1CCC[C@@H]([C@H](C)O)C1. The van der Waals surface area contributed by atoms with Gasteiger partial charge in [0.2, 0.25) is 5.91 Å². The van der Waals surface area contributed by atoms with E-state index in [4.69, 9.17) is 11.6 Å². The van der Waals surface area contributed by atoms with Gasteiger partial charge in [0.1, 0.15) is 5.38 Å². The zero-order valence-electron chi connectivity index (χ0n) is 8.74. The molecule has 0 bridgehead atoms. The van der Waals surface area contributed by atoms with Gasteiger partial charge in [-0.05, 0) is 26.7 Å². The summed E-state index contributed by atoms with van der Waals surface area (Å²) in [6, 6.07) is 0. The van der Waals surface area contributed by atoms with Crippen LogP contribution in [-0.4, -0.2) is 40.5 Å². The number of amides is 1. The Balaban J connectivity index is 2.51. The van der Waals surface area contributed by atoms with Crippen molar-refractivity contribution in [1.82, 2.24) is 4.90 Å². The molecule has 0 aromatic rings. The van der Waals surface area contributed by atoms with Gasteiger partial charge in [-0.2, -0.15) is 0 Å². The van der Waals surface area contributed by atoms with E-state index in [9.17, 15) is 9.90 Å². The highest BCUT2D eigenvalue weighted by Gasteiger charge is 2.27. The second kappa shape index (κ2) is 4.99. The first kappa shape index (κ1) is 11.8. The lowest BCUT2D eigenvalue weighted by Gasteiger charge is -2.34. The minimum absolute atomic E-state index is 0.0167. The minimum Gasteiger partial charge on any atom is -0.393 e. The lowest BCUT2D eigenvalue weighted by molar-refractivity contribution is -0.133. The van der Waals surface area contributed by atoms with Crippen LogP contribution in [0.25, 0.3) is 0 Å². The lowest BCUT2D eigenvalue weighted by Crippen LogP contribution is -2.45. The lowest BCUT2D eigenvalue weighted by atomic mass is 9.93. The first-order chi connectivity index (χ1) is 6.52. The first-order valence-electron chi connectivity index (χ1n) is 5.13. The van der Waals surface area contributed by atoms with Crippen LogP contribution in [0.4, 0.5) is 0 Å². The van der Waals surface area contributed by atoms with Gasteiger partial charge in [-0.25, -0.2) is 0 Å². The maximum absolute atomic E-state index is 11.6. The molecular formula is C10H18ClNO2. The standard InChI is InChI=1S/C10H18ClNO2/c1-7(11)10(14)12-5-3-4-9(6-12)8(2)13/h7-9,13H,3-6H2,1-2H3/t7-,8-,9+/m0/s1. The van der Waals surface area contributed by atoms with E-state index in [0.717, 1.165) is 19.4 Å². The average molecular weight is 220 g/mol. The summed E-state index contributed by atoms with van der Waals surface area (Å²) in [7, 11) is 0. The Kier molecular flexibility index (Phi) is 4.20. The summed E-state index contributed by atoms with van der Waals surface area (Å²) in [5, 5.41) is 8.99. The summed E-state index contributed by atoms with van der Waals surface area (Å²) in [6.45, 7) is 4.89. The molecule has 1 aliphatic rings. The van der Waals surface area contributed by atoms with E-state index >= 15 is 0 Å². The fourth-order valence-corrected chi connectivity index (χ4v) is 1.99. The monoisotopic (exact) mass is 219 g/mol. The summed E-state index contributed by atoms with van der Waals surface area (Å²) in [5.41, 5.74) is 0. The third kappa shape index (κ3) is 2.85. The Morgan fingerprint density at radius 1 is 1.57 bits per heavy atom. The third-order valence-electron chi connectivity index (χ3n) is 2.79. The first-order valence-corrected chi connectivity index (χ1v) is 5.57. The molecular weight excluding hydrogens is 202 g/mol. The van der Waals surface area contributed by atoms with Gasteiger partial charge in [-0.1, -0.05) is 0 Å². The molecule has 82 valence electrons. The number of aliphatic hydroxyl groups is 1. The van der Waals surface area contributed by atoms with E-state index in [1.54, 1.807) is 18.7 Å². The molecule has 1 amide bonds. The number of hydrogen-bond acceptors (Lipinski definition) is 2. The molecule has 0 saturated carbocycles. The molecule has 1 fully saturated rings. The summed E-state index contributed by atoms with van der Waals surface area (Å²) < 4.78 is 0. The summed E-state index contributed by atoms with van der Waals surface area (Å²) in [4.78, 5) is 13.3. The van der Waals surface area contributed by atoms with Crippen LogP contribution in [0.3, 0.4) is 0 Å². The number of rotatable bonds is 2. The van der Waals surface area contributed by atoms with Crippen molar-refractivity contribution in [2.75, 3.05) is 13.1 Å². The molecule has 1 heterocycles. The molecule has 1 N–H and O–H groups in total. The average Bonchev–Trinajstić information content (AvgIpc) is 2.16. The van der Waals surface area contributed by atoms with Crippen LogP contribution in [0.15, 0.2) is 0 Å². The van der Waals surface area contributed by atoms with Gasteiger partial charge < -0.3 is 10.0 Å². The molecule has 1 rings (SSSR count). The van der Waals surface area contributed by atoms with Gasteiger partial charge in [0.25, 0.3) is 0 Å². The van der Waals surface area contributed by atoms with E-state index in [1.807, 2.05) is 0 Å². The fraction of sp³-hybridized carbons (Fsp3) is 0.900. The number of nitrogens with zero attached hydrogens (tertiary/aromatic N) is 1. The third-order valence-corrected chi connectivity index (χ3v) is 2.98. The number of aliphatic hydroxyl groups excluding tert-OH is 1. The Hall–Kier alpha value is -0.280. The Bertz CT molecular complexity index is 206. The van der Waals surface area contributed by atoms with Gasteiger partial charge in [0, 0.05) is 19.0 Å². The van der Waals surface area contributed by atoms with Crippen molar-refractivity contribution < 1.29 is 9.90 Å². The normalized spacial score (nSPS) is 27.1. The number of carbonyl (C=O) groups is 1. The Morgan fingerprint density at radius 3 is 2.71 bits per heavy atom. The highest BCUT2D eigenvalue weighted by atomic mass is 35.5. The van der Waals surface area contributed by atoms with Crippen molar-refractivity contribution in [2.24, 2.45) is 5.92 Å². The fourth-order valence-electron chi connectivity index (χ4n) is 1.86. The predicted octanol–water partition coefficient (Wildman–Crippen LogP) is 1.23. The molecule has 1 saturated heterocycles.